The van der Waals surface area contributed by atoms with Crippen LogP contribution in [0.1, 0.15) is 12.5 Å². The average molecular weight is 697 g/mol. The molecule has 0 radical (unpaired) electrons. The minimum atomic E-state index is -4.27. The Bertz CT molecular complexity index is 1850. The highest BCUT2D eigenvalue weighted by molar-refractivity contribution is 8.09. The molecule has 0 bridgehead atoms. The number of H-pyrrole nitrogens is 1. The lowest BCUT2D eigenvalue weighted by Gasteiger charge is -2.29. The number of aromatic nitrogens is 8. The fraction of sp³-hybridized carbons (Fsp3) is 0.500. The van der Waals surface area contributed by atoms with Gasteiger partial charge in [0.15, 0.2) is 54.9 Å². The van der Waals surface area contributed by atoms with Crippen LogP contribution in [0, 0.1) is 0 Å². The molecule has 2 fully saturated rings. The Labute approximate surface area is 255 Å². The predicted molar refractivity (Wildman–Crippen MR) is 156 cm³/mol. The number of aliphatic hydroxyl groups excluding tert-OH is 1. The van der Waals surface area contributed by atoms with E-state index in [0.29, 0.717) is 0 Å². The van der Waals surface area contributed by atoms with Crippen molar-refractivity contribution in [2.45, 2.75) is 48.8 Å². The quantitative estimate of drug-likeness (QED) is 0.117. The van der Waals surface area contributed by atoms with Gasteiger partial charge in [0.2, 0.25) is 5.95 Å². The van der Waals surface area contributed by atoms with Crippen LogP contribution in [0.4, 0.5) is 20.5 Å². The van der Waals surface area contributed by atoms with Crippen LogP contribution >= 0.6 is 13.6 Å². The maximum Gasteiger partial charge on any atom is 0.280 e. The lowest BCUT2D eigenvalue weighted by atomic mass is 10.1. The Kier molecular flexibility index (Phi) is 8.52. The highest BCUT2D eigenvalue weighted by Crippen LogP contribution is 2.59. The topological polar surface area (TPSA) is 257 Å². The molecule has 0 spiro atoms. The average Bonchev–Trinajstić information content (AvgIpc) is 3.72. The highest BCUT2D eigenvalue weighted by Gasteiger charge is 2.55. The van der Waals surface area contributed by atoms with Gasteiger partial charge in [-0.05, 0) is 23.6 Å². The Balaban J connectivity index is 1.26. The van der Waals surface area contributed by atoms with E-state index in [1.807, 2.05) is 0 Å². The molecule has 2 saturated heterocycles. The Morgan fingerprint density at radius 1 is 1.05 bits per heavy atom. The number of anilines is 2. The molecule has 8 N–H and O–H groups in total. The minimum absolute atomic E-state index is 0.0541. The molecule has 10 atom stereocenters. The van der Waals surface area contributed by atoms with Gasteiger partial charge in [0, 0.05) is 0 Å². The van der Waals surface area contributed by atoms with Gasteiger partial charge < -0.3 is 44.9 Å². The van der Waals surface area contributed by atoms with Crippen LogP contribution < -0.4 is 17.0 Å². The summed E-state index contributed by atoms with van der Waals surface area (Å²) in [5.41, 5.74) is 9.25. The molecule has 2 aliphatic heterocycles. The molecule has 0 aromatic carbocycles. The van der Waals surface area contributed by atoms with Crippen LogP contribution in [-0.2, 0) is 42.1 Å². The van der Waals surface area contributed by atoms with Gasteiger partial charge in [0.05, 0.1) is 25.9 Å². The summed E-state index contributed by atoms with van der Waals surface area (Å²) in [6.45, 7) is -5.42. The van der Waals surface area contributed by atoms with E-state index in [-0.39, 0.29) is 34.1 Å². The van der Waals surface area contributed by atoms with Gasteiger partial charge in [-0.2, -0.15) is 4.98 Å². The van der Waals surface area contributed by atoms with Gasteiger partial charge in [0.25, 0.3) is 5.56 Å². The van der Waals surface area contributed by atoms with E-state index in [4.69, 9.17) is 41.8 Å². The first-order valence-corrected chi connectivity index (χ1v) is 17.9. The maximum atomic E-state index is 16.0. The molecule has 4 aromatic heterocycles. The summed E-state index contributed by atoms with van der Waals surface area (Å²) < 4.78 is 55.8. The van der Waals surface area contributed by atoms with Gasteiger partial charge in [-0.1, -0.05) is 0 Å². The normalized spacial score (nSPS) is 31.1. The number of ether oxygens (including phenoxy) is 2. The number of aromatic amines is 1. The summed E-state index contributed by atoms with van der Waals surface area (Å²) in [7, 11) is -2.65. The molecule has 4 aromatic rings. The number of nitrogen functional groups attached to an aromatic ring is 2. The Morgan fingerprint density at radius 3 is 2.45 bits per heavy atom. The monoisotopic (exact) mass is 696 g/mol. The van der Waals surface area contributed by atoms with Crippen molar-refractivity contribution in [1.82, 2.24) is 39.0 Å². The van der Waals surface area contributed by atoms with Crippen LogP contribution in [0.2, 0.25) is 0 Å². The molecule has 6 heterocycles. The van der Waals surface area contributed by atoms with Crippen LogP contribution in [0.15, 0.2) is 23.8 Å². The van der Waals surface area contributed by atoms with E-state index in [0.717, 1.165) is 17.2 Å². The summed E-state index contributed by atoms with van der Waals surface area (Å²) in [6, 6.07) is 0. The Morgan fingerprint density at radius 2 is 1.73 bits per heavy atom. The van der Waals surface area contributed by atoms with Crippen LogP contribution in [0.5, 0.6) is 0 Å². The van der Waals surface area contributed by atoms with Crippen molar-refractivity contribution in [3.8, 4) is 0 Å². The molecule has 24 heteroatoms. The molecule has 2 aliphatic rings. The number of nitrogens with zero attached hydrogens (tertiary/aromatic N) is 7. The van der Waals surface area contributed by atoms with Crippen molar-refractivity contribution in [2.75, 3.05) is 24.7 Å². The number of alkyl halides is 2. The SMILES string of the molecule is Nc1nc2c(ncn2[C@@H]2O[C@H](CO[PH](O)=S)[C@@H](F)[C@H]2P(O)(=S)OC[C@H]2O[C@@H](n3cnc4c(N)ncnc43)[C@@H](F)[C@@H]2O)c(=O)[nH]1. The first-order valence-electron chi connectivity index (χ1n) is 12.6. The number of hydrogen-bond donors (Lipinski definition) is 6. The van der Waals surface area contributed by atoms with Crippen molar-refractivity contribution in [2.24, 2.45) is 0 Å². The first-order chi connectivity index (χ1) is 20.9. The fourth-order valence-corrected chi connectivity index (χ4v) is 8.06. The first kappa shape index (κ1) is 31.4. The number of rotatable bonds is 9. The molecular weight excluding hydrogens is 672 g/mol. The summed E-state index contributed by atoms with van der Waals surface area (Å²) in [5.74, 6) is -0.213. The van der Waals surface area contributed by atoms with Crippen molar-refractivity contribution < 1.29 is 42.2 Å². The predicted octanol–water partition coefficient (Wildman–Crippen LogP) is -0.842. The summed E-state index contributed by atoms with van der Waals surface area (Å²) in [5, 5.41) is 10.6. The second-order valence-corrected chi connectivity index (χ2v) is 15.2. The molecule has 44 heavy (non-hydrogen) atoms. The van der Waals surface area contributed by atoms with E-state index < -0.39 is 81.2 Å². The number of imidazole rings is 2. The molecule has 2 unspecified atom stereocenters. The van der Waals surface area contributed by atoms with Crippen LogP contribution in [-0.4, -0.2) is 103 Å². The fourth-order valence-electron chi connectivity index (χ4n) is 5.08. The molecule has 0 amide bonds. The van der Waals surface area contributed by atoms with Gasteiger partial charge in [0.1, 0.15) is 42.0 Å². The molecule has 0 saturated carbocycles. The zero-order valence-corrected chi connectivity index (χ0v) is 25.5. The van der Waals surface area contributed by atoms with Crippen molar-refractivity contribution in [3.05, 3.63) is 29.3 Å². The number of nitrogens with two attached hydrogens (primary N) is 2. The van der Waals surface area contributed by atoms with Gasteiger partial charge >= 0.3 is 0 Å². The number of halogens is 2. The van der Waals surface area contributed by atoms with Crippen molar-refractivity contribution >= 4 is 71.4 Å². The maximum absolute atomic E-state index is 16.0. The van der Waals surface area contributed by atoms with E-state index in [9.17, 15) is 19.7 Å². The third kappa shape index (κ3) is 5.53. The summed E-state index contributed by atoms with van der Waals surface area (Å²) in [6.07, 6.45) is -7.93. The zero-order valence-electron chi connectivity index (χ0n) is 22.0. The van der Waals surface area contributed by atoms with E-state index in [1.165, 1.54) is 10.9 Å². The third-order valence-electron chi connectivity index (χ3n) is 7.14. The Hall–Kier alpha value is -2.62. The standard InChI is InChI=1S/C20H24F2N10O8P2S2/c21-8-6(1-37-41(35)43)39-19(32-5-28-11-16(32)29-20(24)30-17(11)34)13(8)42(36,44)38-2-7-12(33)9(22)18(40-7)31-4-27-10-14(23)25-3-26-15(10)31/h3-9,12-13,18-19,33,41H,1-2H2,(H,35,43)(H,36,44)(H2,23,25,26)(H3,24,29,30,34)/t6-,7-,8-,9+,12-,13-,18-,19-,42?/m1/s1. The van der Waals surface area contributed by atoms with Crippen LogP contribution in [0.25, 0.3) is 22.3 Å². The van der Waals surface area contributed by atoms with Crippen molar-refractivity contribution in [3.63, 3.8) is 0 Å². The largest absolute Gasteiger partial charge is 0.387 e. The number of hydrogen-bond acceptors (Lipinski definition) is 15. The molecular formula is C20H24F2N10O8P2S2. The number of fused-ring (bicyclic) bond motifs is 2. The number of aliphatic hydroxyl groups is 1. The van der Waals surface area contributed by atoms with E-state index >= 15 is 8.78 Å². The summed E-state index contributed by atoms with van der Waals surface area (Å²) in [4.78, 5) is 55.4. The van der Waals surface area contributed by atoms with E-state index in [2.05, 4.69) is 41.7 Å². The molecule has 18 nitrogen and oxygen atoms in total. The van der Waals surface area contributed by atoms with E-state index in [1.54, 1.807) is 0 Å². The molecule has 0 aliphatic carbocycles. The second kappa shape index (κ2) is 12.0. The second-order valence-electron chi connectivity index (χ2n) is 9.80. The zero-order chi connectivity index (χ0) is 31.5. The molecule has 6 rings (SSSR count). The van der Waals surface area contributed by atoms with Crippen LogP contribution in [0.3, 0.4) is 0 Å². The number of nitrogens with one attached hydrogen (secondary N) is 1. The van der Waals surface area contributed by atoms with Gasteiger partial charge in [-0.15, -0.1) is 0 Å². The lowest BCUT2D eigenvalue weighted by molar-refractivity contribution is -0.0422. The highest BCUT2D eigenvalue weighted by atomic mass is 32.5. The summed E-state index contributed by atoms with van der Waals surface area (Å²) >= 11 is 10.0. The van der Waals surface area contributed by atoms with Gasteiger partial charge in [-0.25, -0.2) is 28.7 Å². The van der Waals surface area contributed by atoms with Gasteiger partial charge in [-0.3, -0.25) is 18.9 Å². The third-order valence-corrected chi connectivity index (χ3v) is 10.8. The lowest BCUT2D eigenvalue weighted by Crippen LogP contribution is -2.34. The smallest absolute Gasteiger partial charge is 0.280 e. The van der Waals surface area contributed by atoms with Crippen molar-refractivity contribution in [1.29, 1.82) is 0 Å². The molecule has 238 valence electrons. The minimum Gasteiger partial charge on any atom is -0.387 e.